The van der Waals surface area contributed by atoms with Gasteiger partial charge < -0.3 is 62.5 Å². The smallest absolute Gasteiger partial charge is 0.329 e. The molecule has 424 valence electrons. The summed E-state index contributed by atoms with van der Waals surface area (Å²) >= 11 is 0. The molecule has 0 radical (unpaired) electrons. The summed E-state index contributed by atoms with van der Waals surface area (Å²) in [6.45, 7) is 16.2. The number of ether oxygens (including phenoxy) is 10. The van der Waals surface area contributed by atoms with E-state index in [0.717, 1.165) is 10.5 Å². The summed E-state index contributed by atoms with van der Waals surface area (Å²) in [5, 5.41) is 24.1. The monoisotopic (exact) mass is 1060 g/mol. The van der Waals surface area contributed by atoms with E-state index in [4.69, 9.17) is 47.4 Å². The molecule has 4 aliphatic heterocycles. The number of methoxy groups -OCH3 is 3. The number of fused-ring (bicyclic) bond motifs is 3. The van der Waals surface area contributed by atoms with Crippen LogP contribution in [0.1, 0.15) is 140 Å². The van der Waals surface area contributed by atoms with Gasteiger partial charge in [-0.1, -0.05) is 45.4 Å². The van der Waals surface area contributed by atoms with E-state index in [0.29, 0.717) is 56.9 Å². The lowest BCUT2D eigenvalue weighted by molar-refractivity contribution is -0.318. The van der Waals surface area contributed by atoms with Gasteiger partial charge in [0, 0.05) is 72.8 Å². The molecule has 0 spiro atoms. The predicted molar refractivity (Wildman–Crippen MR) is 268 cm³/mol. The zero-order valence-corrected chi connectivity index (χ0v) is 46.3. The molecule has 19 atom stereocenters. The van der Waals surface area contributed by atoms with Gasteiger partial charge in [0.1, 0.15) is 24.0 Å². The third-order valence-corrected chi connectivity index (χ3v) is 15.8. The van der Waals surface area contributed by atoms with Crippen LogP contribution in [0.4, 0.5) is 0 Å². The molecule has 2 N–H and O–H groups in total. The first kappa shape index (κ1) is 61.7. The van der Waals surface area contributed by atoms with Crippen LogP contribution in [-0.2, 0) is 80.9 Å². The van der Waals surface area contributed by atoms with Crippen LogP contribution in [0.3, 0.4) is 0 Å². The average molecular weight is 1060 g/mol. The number of carbonyl (C=O) groups excluding carboxylic acids is 7. The van der Waals surface area contributed by atoms with E-state index >= 15 is 0 Å². The maximum Gasteiger partial charge on any atom is 0.329 e. The molecule has 75 heavy (non-hydrogen) atoms. The highest BCUT2D eigenvalue weighted by Gasteiger charge is 2.57. The van der Waals surface area contributed by atoms with Crippen molar-refractivity contribution >= 4 is 41.4 Å². The van der Waals surface area contributed by atoms with E-state index in [1.54, 1.807) is 27.7 Å². The van der Waals surface area contributed by atoms with Gasteiger partial charge in [0.25, 0.3) is 11.7 Å². The van der Waals surface area contributed by atoms with Crippen molar-refractivity contribution in [3.63, 3.8) is 0 Å². The molecule has 1 aliphatic carbocycles. The Hall–Kier alpha value is -4.15. The average Bonchev–Trinajstić information content (AvgIpc) is 3.35. The summed E-state index contributed by atoms with van der Waals surface area (Å²) in [5.41, 5.74) is 1.51. The molecule has 0 aromatic carbocycles. The molecule has 1 saturated carbocycles. The number of Topliss-reactive ketones (excluding diaryl/α,β-unsaturated/α-hetero) is 2. The Bertz CT molecular complexity index is 2080. The maximum atomic E-state index is 14.7. The van der Waals surface area contributed by atoms with E-state index in [1.807, 2.05) is 32.9 Å². The Kier molecular flexibility index (Phi) is 22.6. The SMILES string of the molecule is CCC1/C=C(\C)CC(C)CC(OC)C2OC(O)(C(=O)C(=O)N3CCCCC3C(=O)OC(/C(C)=C/C3CCC(O[C@@H]4O[C@H](C)[C@H](OC(C)=O)[C@H](OC(C)=O)[C@H]4OC(C)=O)C(OC)C3)C(C)C(O)CC1=O)C(C)CC2OC. The maximum absolute atomic E-state index is 14.7. The lowest BCUT2D eigenvalue weighted by atomic mass is 9.81. The van der Waals surface area contributed by atoms with Gasteiger partial charge >= 0.3 is 23.9 Å². The van der Waals surface area contributed by atoms with Crippen LogP contribution in [0.15, 0.2) is 23.3 Å². The second-order valence-corrected chi connectivity index (χ2v) is 21.7. The lowest BCUT2D eigenvalue weighted by Gasteiger charge is -2.47. The predicted octanol–water partition coefficient (Wildman–Crippen LogP) is 5.04. The second-order valence-electron chi connectivity index (χ2n) is 21.7. The third kappa shape index (κ3) is 15.3. The molecule has 0 aromatic rings. The number of aliphatic hydroxyl groups excluding tert-OH is 1. The van der Waals surface area contributed by atoms with Gasteiger partial charge in [-0.15, -0.1) is 0 Å². The highest BCUT2D eigenvalue weighted by Crippen LogP contribution is 2.40. The van der Waals surface area contributed by atoms with Gasteiger partial charge in [0.15, 0.2) is 24.6 Å². The zero-order valence-electron chi connectivity index (χ0n) is 46.3. The molecule has 14 unspecified atom stereocenters. The summed E-state index contributed by atoms with van der Waals surface area (Å²) in [6, 6.07) is -1.23. The Morgan fingerprint density at radius 1 is 0.787 bits per heavy atom. The number of hydrogen-bond donors (Lipinski definition) is 2. The summed E-state index contributed by atoms with van der Waals surface area (Å²) in [7, 11) is 4.55. The minimum atomic E-state index is -2.57. The van der Waals surface area contributed by atoms with Gasteiger partial charge in [-0.25, -0.2) is 4.79 Å². The van der Waals surface area contributed by atoms with Crippen molar-refractivity contribution < 1.29 is 91.1 Å². The van der Waals surface area contributed by atoms with E-state index in [2.05, 4.69) is 0 Å². The van der Waals surface area contributed by atoms with Crippen LogP contribution in [0.2, 0.25) is 0 Å². The van der Waals surface area contributed by atoms with Gasteiger partial charge in [0.05, 0.1) is 36.6 Å². The fourth-order valence-electron chi connectivity index (χ4n) is 11.8. The van der Waals surface area contributed by atoms with Crippen LogP contribution in [0, 0.1) is 29.6 Å². The van der Waals surface area contributed by atoms with Crippen LogP contribution in [-0.4, -0.2) is 170 Å². The number of aliphatic hydroxyl groups is 2. The molecule has 4 heterocycles. The number of cyclic esters (lactones) is 1. The van der Waals surface area contributed by atoms with E-state index < -0.39 is 139 Å². The quantitative estimate of drug-likeness (QED) is 0.119. The van der Waals surface area contributed by atoms with Crippen LogP contribution in [0.25, 0.3) is 0 Å². The minimum Gasteiger partial charge on any atom is -0.456 e. The van der Waals surface area contributed by atoms with Crippen molar-refractivity contribution in [2.45, 2.75) is 225 Å². The molecule has 5 rings (SSSR count). The van der Waals surface area contributed by atoms with E-state index in [1.165, 1.54) is 42.1 Å². The van der Waals surface area contributed by atoms with Crippen molar-refractivity contribution in [3.8, 4) is 0 Å². The Labute approximate surface area is 442 Å². The number of carbonyl (C=O) groups is 7. The molecule has 5 aliphatic rings. The zero-order chi connectivity index (χ0) is 55.6. The van der Waals surface area contributed by atoms with Gasteiger partial charge in [-0.2, -0.15) is 0 Å². The van der Waals surface area contributed by atoms with Crippen molar-refractivity contribution in [1.82, 2.24) is 4.90 Å². The van der Waals surface area contributed by atoms with E-state index in [-0.39, 0.29) is 43.4 Å². The molecule has 1 amide bonds. The van der Waals surface area contributed by atoms with Gasteiger partial charge in [-0.05, 0) is 102 Å². The molecule has 20 nitrogen and oxygen atoms in total. The Morgan fingerprint density at radius 3 is 2.01 bits per heavy atom. The first-order valence-corrected chi connectivity index (χ1v) is 26.8. The number of nitrogens with zero attached hydrogens (tertiary/aromatic N) is 1. The third-order valence-electron chi connectivity index (χ3n) is 15.8. The standard InChI is InChI=1S/C55H85NO19/c1-14-38-22-28(2)21-29(3)23-44(67-12)48-45(68-13)25-31(5)55(65,75-48)51(62)52(63)56-20-16-15-17-39(56)53(64)74-46(32(6)40(60)27-41(38)61)30(4)24-37-18-19-42(43(26-37)66-11)73-54-50(72-36(10)59)49(71-35(9)58)47(33(7)69-54)70-34(8)57/h22,24,29,31-33,37-40,42-50,54,60,65H,14-21,23,25-27H2,1-13H3/b28-22+,30-24+/t29?,31?,32?,33-,37?,38?,39?,40?,42?,43?,44?,45?,46?,47+,48?,49+,50-,54+,55?/m1/s1. The number of ketones is 2. The Balaban J connectivity index is 1.47. The molecule has 4 fully saturated rings. The fourth-order valence-corrected chi connectivity index (χ4v) is 11.8. The highest BCUT2D eigenvalue weighted by atomic mass is 16.7. The van der Waals surface area contributed by atoms with Crippen molar-refractivity contribution in [2.75, 3.05) is 27.9 Å². The molecular formula is C55H85NO19. The molecule has 20 heteroatoms. The lowest BCUT2D eigenvalue weighted by Crippen LogP contribution is -2.64. The van der Waals surface area contributed by atoms with Gasteiger partial charge in [0.2, 0.25) is 5.79 Å². The number of allylic oxidation sites excluding steroid dienone is 3. The minimum absolute atomic E-state index is 0.0159. The summed E-state index contributed by atoms with van der Waals surface area (Å²) in [6.07, 6.45) is -3.75. The number of amides is 1. The van der Waals surface area contributed by atoms with Crippen LogP contribution < -0.4 is 0 Å². The second kappa shape index (κ2) is 27.4. The van der Waals surface area contributed by atoms with Crippen LogP contribution >= 0.6 is 0 Å². The summed E-state index contributed by atoms with van der Waals surface area (Å²) in [4.78, 5) is 95.5. The number of esters is 4. The van der Waals surface area contributed by atoms with Crippen molar-refractivity contribution in [2.24, 2.45) is 29.6 Å². The summed E-state index contributed by atoms with van der Waals surface area (Å²) in [5.74, 6) is -10.4. The topological polar surface area (TPSA) is 255 Å². The summed E-state index contributed by atoms with van der Waals surface area (Å²) < 4.78 is 59.7. The van der Waals surface area contributed by atoms with Crippen LogP contribution in [0.5, 0.6) is 0 Å². The number of piperidine rings is 1. The number of rotatable bonds is 11. The largest absolute Gasteiger partial charge is 0.456 e. The number of hydrogen-bond acceptors (Lipinski definition) is 19. The Morgan fingerprint density at radius 2 is 1.40 bits per heavy atom. The molecular weight excluding hydrogens is 979 g/mol. The molecule has 0 aromatic heterocycles. The fraction of sp³-hybridized carbons (Fsp3) is 0.800. The van der Waals surface area contributed by atoms with Gasteiger partial charge in [-0.3, -0.25) is 28.8 Å². The molecule has 2 bridgehead atoms. The van der Waals surface area contributed by atoms with Crippen molar-refractivity contribution in [3.05, 3.63) is 23.3 Å². The van der Waals surface area contributed by atoms with E-state index in [9.17, 15) is 43.8 Å². The first-order chi connectivity index (χ1) is 35.4. The molecule has 3 saturated heterocycles. The normalized spacial score (nSPS) is 40.0. The first-order valence-electron chi connectivity index (χ1n) is 26.8. The van der Waals surface area contributed by atoms with Crippen molar-refractivity contribution in [1.29, 1.82) is 0 Å². The highest BCUT2D eigenvalue weighted by molar-refractivity contribution is 6.39.